The van der Waals surface area contributed by atoms with Gasteiger partial charge < -0.3 is 4.90 Å². The van der Waals surface area contributed by atoms with E-state index in [4.69, 9.17) is 0 Å². The lowest BCUT2D eigenvalue weighted by Gasteiger charge is -2.27. The van der Waals surface area contributed by atoms with Crippen molar-refractivity contribution in [3.05, 3.63) is 34.9 Å². The van der Waals surface area contributed by atoms with Gasteiger partial charge in [-0.05, 0) is 66.0 Å². The molecular formula is C18H30N2O. The quantitative estimate of drug-likeness (QED) is 0.687. The maximum Gasteiger partial charge on any atom is 0.179 e. The predicted octanol–water partition coefficient (Wildman–Crippen LogP) is 3.15. The van der Waals surface area contributed by atoms with Crippen molar-refractivity contribution in [1.82, 2.24) is 9.80 Å². The highest BCUT2D eigenvalue weighted by Crippen LogP contribution is 2.15. The van der Waals surface area contributed by atoms with Crippen LogP contribution in [0.3, 0.4) is 0 Å². The highest BCUT2D eigenvalue weighted by atomic mass is 16.1. The summed E-state index contributed by atoms with van der Waals surface area (Å²) in [6, 6.07) is 6.06. The molecule has 1 rings (SSSR count). The lowest BCUT2D eigenvalue weighted by Crippen LogP contribution is -2.40. The minimum Gasteiger partial charge on any atom is -0.309 e. The van der Waals surface area contributed by atoms with Crippen molar-refractivity contribution in [3.63, 3.8) is 0 Å². The van der Waals surface area contributed by atoms with Crippen molar-refractivity contribution in [2.45, 2.75) is 40.2 Å². The van der Waals surface area contributed by atoms with Crippen LogP contribution in [0.1, 0.15) is 41.8 Å². The molecule has 1 aromatic rings. The number of Topliss-reactive ketones (excluding diaryl/α,β-unsaturated/α-hetero) is 1. The van der Waals surface area contributed by atoms with Crippen LogP contribution in [0.5, 0.6) is 0 Å². The van der Waals surface area contributed by atoms with Gasteiger partial charge in [0.2, 0.25) is 0 Å². The molecule has 0 saturated carbocycles. The van der Waals surface area contributed by atoms with Gasteiger partial charge in [0.25, 0.3) is 0 Å². The van der Waals surface area contributed by atoms with Crippen LogP contribution < -0.4 is 0 Å². The van der Waals surface area contributed by atoms with Crippen molar-refractivity contribution < 1.29 is 4.79 Å². The number of rotatable bonds is 8. The summed E-state index contributed by atoms with van der Waals surface area (Å²) >= 11 is 0. The zero-order valence-electron chi connectivity index (χ0n) is 14.4. The zero-order chi connectivity index (χ0) is 16.0. The van der Waals surface area contributed by atoms with Gasteiger partial charge in [-0.25, -0.2) is 0 Å². The van der Waals surface area contributed by atoms with E-state index in [1.54, 1.807) is 0 Å². The molecule has 0 bridgehead atoms. The Bertz CT molecular complexity index is 468. The van der Waals surface area contributed by atoms with Crippen LogP contribution in [0, 0.1) is 13.8 Å². The van der Waals surface area contributed by atoms with Gasteiger partial charge in [0, 0.05) is 12.1 Å². The van der Waals surface area contributed by atoms with Crippen LogP contribution in [0.2, 0.25) is 0 Å². The summed E-state index contributed by atoms with van der Waals surface area (Å²) in [6.07, 6.45) is 1.09. The molecule has 1 atom stereocenters. The molecule has 1 aromatic carbocycles. The standard InChI is InChI=1S/C18H30N2O/c1-7-20(12-8-11-19(5)6)16(4)18(21)17-13-14(2)9-10-15(17)3/h9-10,13,16H,7-8,11-12H2,1-6H3. The molecular weight excluding hydrogens is 260 g/mol. The molecule has 0 radical (unpaired) electrons. The first kappa shape index (κ1) is 17.9. The van der Waals surface area contributed by atoms with E-state index in [0.717, 1.165) is 42.7 Å². The number of ketones is 1. The third kappa shape index (κ3) is 5.25. The average Bonchev–Trinajstić information content (AvgIpc) is 2.44. The number of nitrogens with zero attached hydrogens (tertiary/aromatic N) is 2. The Balaban J connectivity index is 2.76. The molecule has 0 aliphatic rings. The number of benzene rings is 1. The Morgan fingerprint density at radius 3 is 2.43 bits per heavy atom. The summed E-state index contributed by atoms with van der Waals surface area (Å²) < 4.78 is 0. The lowest BCUT2D eigenvalue weighted by molar-refractivity contribution is 0.0840. The fourth-order valence-electron chi connectivity index (χ4n) is 2.61. The van der Waals surface area contributed by atoms with Crippen molar-refractivity contribution in [3.8, 4) is 0 Å². The molecule has 0 aliphatic carbocycles. The fraction of sp³-hybridized carbons (Fsp3) is 0.611. The number of hydrogen-bond acceptors (Lipinski definition) is 3. The number of carbonyl (C=O) groups is 1. The van der Waals surface area contributed by atoms with Crippen molar-refractivity contribution >= 4 is 5.78 Å². The minimum absolute atomic E-state index is 0.0577. The Hall–Kier alpha value is -1.19. The van der Waals surface area contributed by atoms with Gasteiger partial charge in [0.15, 0.2) is 5.78 Å². The molecule has 0 N–H and O–H groups in total. The third-order valence-corrected chi connectivity index (χ3v) is 4.04. The molecule has 0 aromatic heterocycles. The highest BCUT2D eigenvalue weighted by Gasteiger charge is 2.22. The maximum atomic E-state index is 12.8. The van der Waals surface area contributed by atoms with E-state index in [9.17, 15) is 4.79 Å². The molecule has 0 heterocycles. The molecule has 0 saturated heterocycles. The average molecular weight is 290 g/mol. The van der Waals surface area contributed by atoms with E-state index in [0.29, 0.717) is 0 Å². The van der Waals surface area contributed by atoms with Gasteiger partial charge >= 0.3 is 0 Å². The fourth-order valence-corrected chi connectivity index (χ4v) is 2.61. The van der Waals surface area contributed by atoms with E-state index in [2.05, 4.69) is 36.9 Å². The van der Waals surface area contributed by atoms with Gasteiger partial charge in [-0.15, -0.1) is 0 Å². The smallest absolute Gasteiger partial charge is 0.179 e. The van der Waals surface area contributed by atoms with Crippen molar-refractivity contribution in [2.24, 2.45) is 0 Å². The molecule has 1 unspecified atom stereocenters. The molecule has 0 fully saturated rings. The van der Waals surface area contributed by atoms with Gasteiger partial charge in [-0.1, -0.05) is 24.6 Å². The van der Waals surface area contributed by atoms with Crippen LogP contribution in [0.15, 0.2) is 18.2 Å². The Labute approximate surface area is 129 Å². The van der Waals surface area contributed by atoms with E-state index in [1.807, 2.05) is 32.9 Å². The molecule has 21 heavy (non-hydrogen) atoms. The maximum absolute atomic E-state index is 12.8. The van der Waals surface area contributed by atoms with Gasteiger partial charge in [0.1, 0.15) is 0 Å². The van der Waals surface area contributed by atoms with Crippen LogP contribution in [-0.4, -0.2) is 55.4 Å². The second-order valence-corrected chi connectivity index (χ2v) is 6.14. The summed E-state index contributed by atoms with van der Waals surface area (Å²) in [4.78, 5) is 17.2. The molecule has 0 spiro atoms. The van der Waals surface area contributed by atoms with Gasteiger partial charge in [-0.2, -0.15) is 0 Å². The topological polar surface area (TPSA) is 23.6 Å². The van der Waals surface area contributed by atoms with E-state index >= 15 is 0 Å². The van der Waals surface area contributed by atoms with Crippen LogP contribution in [0.25, 0.3) is 0 Å². The van der Waals surface area contributed by atoms with E-state index in [-0.39, 0.29) is 11.8 Å². The second kappa shape index (κ2) is 8.30. The Morgan fingerprint density at radius 1 is 1.19 bits per heavy atom. The van der Waals surface area contributed by atoms with Crippen LogP contribution >= 0.6 is 0 Å². The lowest BCUT2D eigenvalue weighted by atomic mass is 9.97. The van der Waals surface area contributed by atoms with Crippen LogP contribution in [-0.2, 0) is 0 Å². The van der Waals surface area contributed by atoms with Gasteiger partial charge in [-0.3, -0.25) is 9.69 Å². The molecule has 118 valence electrons. The van der Waals surface area contributed by atoms with E-state index < -0.39 is 0 Å². The predicted molar refractivity (Wildman–Crippen MR) is 90.1 cm³/mol. The summed E-state index contributed by atoms with van der Waals surface area (Å²) in [5.74, 6) is 0.239. The number of hydrogen-bond donors (Lipinski definition) is 0. The Kier molecular flexibility index (Phi) is 7.06. The normalized spacial score (nSPS) is 13.0. The summed E-state index contributed by atoms with van der Waals surface area (Å²) in [6.45, 7) is 11.1. The summed E-state index contributed by atoms with van der Waals surface area (Å²) in [7, 11) is 4.17. The SMILES string of the molecule is CCN(CCCN(C)C)C(C)C(=O)c1cc(C)ccc1C. The monoisotopic (exact) mass is 290 g/mol. The highest BCUT2D eigenvalue weighted by molar-refractivity contribution is 6.01. The summed E-state index contributed by atoms with van der Waals surface area (Å²) in [5, 5.41) is 0. The van der Waals surface area contributed by atoms with Gasteiger partial charge in [0.05, 0.1) is 6.04 Å². The number of aryl methyl sites for hydroxylation is 2. The molecule has 0 amide bonds. The first-order chi connectivity index (χ1) is 9.86. The first-order valence-electron chi connectivity index (χ1n) is 7.87. The summed E-state index contributed by atoms with van der Waals surface area (Å²) in [5.41, 5.74) is 3.09. The van der Waals surface area contributed by atoms with Crippen molar-refractivity contribution in [1.29, 1.82) is 0 Å². The Morgan fingerprint density at radius 2 is 1.86 bits per heavy atom. The van der Waals surface area contributed by atoms with E-state index in [1.165, 1.54) is 0 Å². The second-order valence-electron chi connectivity index (χ2n) is 6.14. The first-order valence-corrected chi connectivity index (χ1v) is 7.87. The largest absolute Gasteiger partial charge is 0.309 e. The van der Waals surface area contributed by atoms with Crippen LogP contribution in [0.4, 0.5) is 0 Å². The minimum atomic E-state index is -0.0577. The van der Waals surface area contributed by atoms with Crippen molar-refractivity contribution in [2.75, 3.05) is 33.7 Å². The third-order valence-electron chi connectivity index (χ3n) is 4.04. The zero-order valence-corrected chi connectivity index (χ0v) is 14.4. The molecule has 0 aliphatic heterocycles. The molecule has 3 heteroatoms. The molecule has 3 nitrogen and oxygen atoms in total. The number of likely N-dealkylation sites (N-methyl/N-ethyl adjacent to an activating group) is 1. The number of carbonyl (C=O) groups excluding carboxylic acids is 1.